The third-order valence-corrected chi connectivity index (χ3v) is 6.19. The number of aromatic nitrogens is 2. The van der Waals surface area contributed by atoms with Gasteiger partial charge in [0, 0.05) is 37.7 Å². The summed E-state index contributed by atoms with van der Waals surface area (Å²) in [6.07, 6.45) is 12.3. The van der Waals surface area contributed by atoms with Crippen LogP contribution in [0.4, 0.5) is 0 Å². The Bertz CT molecular complexity index is 1050. The molecule has 7 heteroatoms. The first-order valence-electron chi connectivity index (χ1n) is 12.3. The van der Waals surface area contributed by atoms with E-state index in [-0.39, 0.29) is 17.2 Å². The summed E-state index contributed by atoms with van der Waals surface area (Å²) < 4.78 is 1.71. The third-order valence-electron chi connectivity index (χ3n) is 6.19. The summed E-state index contributed by atoms with van der Waals surface area (Å²) >= 11 is 0. The number of pyridine rings is 2. The number of likely N-dealkylation sites (N-methyl/N-ethyl adjacent to an activating group) is 1. The van der Waals surface area contributed by atoms with Gasteiger partial charge in [-0.15, -0.1) is 0 Å². The van der Waals surface area contributed by atoms with Gasteiger partial charge in [0.1, 0.15) is 11.1 Å². The highest BCUT2D eigenvalue weighted by Gasteiger charge is 2.24. The highest BCUT2D eigenvalue weighted by atomic mass is 16.2. The molecule has 2 aromatic rings. The molecule has 0 saturated heterocycles. The molecular weight excluding hydrogens is 428 g/mol. The van der Waals surface area contributed by atoms with E-state index in [0.717, 1.165) is 37.0 Å². The molecule has 2 heterocycles. The number of carbonyl (C=O) groups is 2. The SMILES string of the molecule is C=C(C)CN(CC)C(=O)c1cn(Cc2ccccn2)cc(C(=O)NC2CCCCCCC2)c1=O. The Kier molecular flexibility index (Phi) is 9.19. The quantitative estimate of drug-likeness (QED) is 0.594. The van der Waals surface area contributed by atoms with Crippen molar-refractivity contribution in [1.29, 1.82) is 0 Å². The van der Waals surface area contributed by atoms with Gasteiger partial charge in [-0.25, -0.2) is 0 Å². The summed E-state index contributed by atoms with van der Waals surface area (Å²) in [6, 6.07) is 5.62. The molecule has 0 spiro atoms. The zero-order valence-corrected chi connectivity index (χ0v) is 20.4. The van der Waals surface area contributed by atoms with Crippen molar-refractivity contribution in [3.05, 3.63) is 76.0 Å². The van der Waals surface area contributed by atoms with Crippen LogP contribution in [-0.4, -0.2) is 45.4 Å². The Morgan fingerprint density at radius 1 is 1.12 bits per heavy atom. The van der Waals surface area contributed by atoms with E-state index >= 15 is 0 Å². The number of nitrogens with zero attached hydrogens (tertiary/aromatic N) is 3. The Labute approximate surface area is 201 Å². The predicted octanol–water partition coefficient (Wildman–Crippen LogP) is 4.17. The van der Waals surface area contributed by atoms with Crippen molar-refractivity contribution in [2.45, 2.75) is 71.4 Å². The van der Waals surface area contributed by atoms with Crippen LogP contribution in [0.3, 0.4) is 0 Å². The molecule has 182 valence electrons. The van der Waals surface area contributed by atoms with Gasteiger partial charge in [0.05, 0.1) is 12.2 Å². The van der Waals surface area contributed by atoms with Crippen LogP contribution in [0.2, 0.25) is 0 Å². The van der Waals surface area contributed by atoms with Crippen molar-refractivity contribution in [2.75, 3.05) is 13.1 Å². The molecule has 1 aliphatic carbocycles. The van der Waals surface area contributed by atoms with E-state index < -0.39 is 17.2 Å². The molecule has 34 heavy (non-hydrogen) atoms. The van der Waals surface area contributed by atoms with Gasteiger partial charge in [0.2, 0.25) is 5.43 Å². The van der Waals surface area contributed by atoms with E-state index in [1.54, 1.807) is 21.9 Å². The minimum absolute atomic E-state index is 0.00443. The minimum Gasteiger partial charge on any atom is -0.349 e. The molecule has 0 aromatic carbocycles. The second-order valence-corrected chi connectivity index (χ2v) is 9.20. The van der Waals surface area contributed by atoms with E-state index in [1.807, 2.05) is 32.0 Å². The maximum Gasteiger partial charge on any atom is 0.259 e. The first-order chi connectivity index (χ1) is 16.4. The van der Waals surface area contributed by atoms with Crippen molar-refractivity contribution < 1.29 is 9.59 Å². The minimum atomic E-state index is -0.536. The standard InChI is InChI=1S/C27H36N4O3/c1-4-31(16-20(2)3)27(34)24-19-30(17-22-14-10-11-15-28-22)18-23(25(24)32)26(33)29-21-12-8-6-5-7-9-13-21/h10-11,14-15,18-19,21H,2,4-9,12-13,16-17H2,1,3H3,(H,29,33). The smallest absolute Gasteiger partial charge is 0.259 e. The monoisotopic (exact) mass is 464 g/mol. The van der Waals surface area contributed by atoms with Crippen LogP contribution < -0.4 is 10.7 Å². The molecular formula is C27H36N4O3. The van der Waals surface area contributed by atoms with Crippen LogP contribution >= 0.6 is 0 Å². The van der Waals surface area contributed by atoms with Crippen LogP contribution in [0.1, 0.15) is 85.2 Å². The largest absolute Gasteiger partial charge is 0.349 e. The van der Waals surface area contributed by atoms with Gasteiger partial charge in [-0.3, -0.25) is 19.4 Å². The van der Waals surface area contributed by atoms with Crippen molar-refractivity contribution in [3.63, 3.8) is 0 Å². The van der Waals surface area contributed by atoms with Crippen LogP contribution in [-0.2, 0) is 6.54 Å². The van der Waals surface area contributed by atoms with Crippen LogP contribution in [0.5, 0.6) is 0 Å². The Hall–Kier alpha value is -3.22. The molecule has 7 nitrogen and oxygen atoms in total. The fraction of sp³-hybridized carbons (Fsp3) is 0.481. The van der Waals surface area contributed by atoms with Crippen molar-refractivity contribution in [2.24, 2.45) is 0 Å². The second kappa shape index (κ2) is 12.3. The molecule has 0 unspecified atom stereocenters. The number of amides is 2. The Morgan fingerprint density at radius 2 is 1.79 bits per heavy atom. The second-order valence-electron chi connectivity index (χ2n) is 9.20. The molecule has 2 aromatic heterocycles. The van der Waals surface area contributed by atoms with Gasteiger partial charge >= 0.3 is 0 Å². The van der Waals surface area contributed by atoms with E-state index in [1.165, 1.54) is 25.5 Å². The summed E-state index contributed by atoms with van der Waals surface area (Å²) in [5.41, 5.74) is 1.04. The van der Waals surface area contributed by atoms with Gasteiger partial charge in [-0.05, 0) is 38.8 Å². The van der Waals surface area contributed by atoms with E-state index in [2.05, 4.69) is 16.9 Å². The summed E-state index contributed by atoms with van der Waals surface area (Å²) in [7, 11) is 0. The van der Waals surface area contributed by atoms with Gasteiger partial charge in [-0.1, -0.05) is 50.3 Å². The van der Waals surface area contributed by atoms with Crippen LogP contribution in [0, 0.1) is 0 Å². The van der Waals surface area contributed by atoms with E-state index in [4.69, 9.17) is 0 Å². The molecule has 1 saturated carbocycles. The normalized spacial score (nSPS) is 14.6. The van der Waals surface area contributed by atoms with Gasteiger partial charge in [0.15, 0.2) is 0 Å². The fourth-order valence-corrected chi connectivity index (χ4v) is 4.40. The lowest BCUT2D eigenvalue weighted by atomic mass is 9.96. The predicted molar refractivity (Wildman–Crippen MR) is 134 cm³/mol. The number of nitrogens with one attached hydrogen (secondary N) is 1. The molecule has 1 aliphatic rings. The van der Waals surface area contributed by atoms with Crippen molar-refractivity contribution in [3.8, 4) is 0 Å². The summed E-state index contributed by atoms with van der Waals surface area (Å²) in [4.78, 5) is 45.8. The topological polar surface area (TPSA) is 84.3 Å². The molecule has 3 rings (SSSR count). The highest BCUT2D eigenvalue weighted by Crippen LogP contribution is 2.17. The molecule has 0 aliphatic heterocycles. The summed E-state index contributed by atoms with van der Waals surface area (Å²) in [5.74, 6) is -0.811. The van der Waals surface area contributed by atoms with Gasteiger partial charge in [-0.2, -0.15) is 0 Å². The van der Waals surface area contributed by atoms with Gasteiger partial charge in [0.25, 0.3) is 11.8 Å². The molecule has 0 bridgehead atoms. The molecule has 0 atom stereocenters. The zero-order valence-electron chi connectivity index (χ0n) is 20.4. The average Bonchev–Trinajstić information content (AvgIpc) is 2.80. The summed E-state index contributed by atoms with van der Waals surface area (Å²) in [5, 5.41) is 3.07. The van der Waals surface area contributed by atoms with E-state index in [9.17, 15) is 14.4 Å². The molecule has 1 fully saturated rings. The lowest BCUT2D eigenvalue weighted by molar-refractivity contribution is 0.0776. The van der Waals surface area contributed by atoms with E-state index in [0.29, 0.717) is 19.6 Å². The average molecular weight is 465 g/mol. The maximum absolute atomic E-state index is 13.4. The molecule has 1 N–H and O–H groups in total. The van der Waals surface area contributed by atoms with Crippen LogP contribution in [0.15, 0.2) is 53.7 Å². The Morgan fingerprint density at radius 3 is 2.41 bits per heavy atom. The number of rotatable bonds is 8. The lowest BCUT2D eigenvalue weighted by Crippen LogP contribution is -2.41. The number of hydrogen-bond donors (Lipinski definition) is 1. The molecule has 0 radical (unpaired) electrons. The number of carbonyl (C=O) groups excluding carboxylic acids is 2. The Balaban J connectivity index is 1.96. The zero-order chi connectivity index (χ0) is 24.5. The third kappa shape index (κ3) is 6.89. The first-order valence-corrected chi connectivity index (χ1v) is 12.3. The van der Waals surface area contributed by atoms with Crippen LogP contribution in [0.25, 0.3) is 0 Å². The first kappa shape index (κ1) is 25.4. The maximum atomic E-state index is 13.4. The molecule has 2 amide bonds. The summed E-state index contributed by atoms with van der Waals surface area (Å²) in [6.45, 7) is 8.73. The lowest BCUT2D eigenvalue weighted by Gasteiger charge is -2.23. The van der Waals surface area contributed by atoms with Gasteiger partial charge < -0.3 is 14.8 Å². The number of hydrogen-bond acceptors (Lipinski definition) is 4. The van der Waals surface area contributed by atoms with Crippen molar-refractivity contribution >= 4 is 11.8 Å². The fourth-order valence-electron chi connectivity index (χ4n) is 4.40. The highest BCUT2D eigenvalue weighted by molar-refractivity contribution is 5.99. The van der Waals surface area contributed by atoms with Crippen molar-refractivity contribution in [1.82, 2.24) is 19.8 Å².